The van der Waals surface area contributed by atoms with E-state index < -0.39 is 0 Å². The molecule has 5 nitrogen and oxygen atoms in total. The van der Waals surface area contributed by atoms with Crippen LogP contribution in [0.25, 0.3) is 0 Å². The zero-order valence-corrected chi connectivity index (χ0v) is 12.3. The maximum absolute atomic E-state index is 5.30. The molecule has 21 heavy (non-hydrogen) atoms. The Labute approximate surface area is 124 Å². The highest BCUT2D eigenvalue weighted by atomic mass is 16.3. The molecule has 2 saturated heterocycles. The Morgan fingerprint density at radius 3 is 2.48 bits per heavy atom. The van der Waals surface area contributed by atoms with E-state index in [0.29, 0.717) is 12.1 Å². The molecule has 4 rings (SSSR count). The van der Waals surface area contributed by atoms with Gasteiger partial charge in [-0.1, -0.05) is 6.07 Å². The minimum absolute atomic E-state index is 0.649. The lowest BCUT2D eigenvalue weighted by atomic mass is 10.2. The highest BCUT2D eigenvalue weighted by Crippen LogP contribution is 2.32. The number of likely N-dealkylation sites (tertiary alicyclic amines) is 2. The zero-order valence-electron chi connectivity index (χ0n) is 12.3. The summed E-state index contributed by atoms with van der Waals surface area (Å²) < 4.78 is 5.30. The Morgan fingerprint density at radius 1 is 1.14 bits per heavy atom. The van der Waals surface area contributed by atoms with Crippen LogP contribution >= 0.6 is 0 Å². The highest BCUT2D eigenvalue weighted by Gasteiger charge is 2.43. The van der Waals surface area contributed by atoms with Gasteiger partial charge in [0.2, 0.25) is 0 Å². The average molecular weight is 284 g/mol. The summed E-state index contributed by atoms with van der Waals surface area (Å²) in [5.41, 5.74) is 2.22. The Balaban J connectivity index is 1.37. The monoisotopic (exact) mass is 284 g/mol. The van der Waals surface area contributed by atoms with Crippen molar-refractivity contribution in [3.05, 3.63) is 47.9 Å². The van der Waals surface area contributed by atoms with Crippen molar-refractivity contribution in [2.75, 3.05) is 13.1 Å². The fraction of sp³-hybridized carbons (Fsp3) is 0.500. The van der Waals surface area contributed by atoms with E-state index >= 15 is 0 Å². The van der Waals surface area contributed by atoms with Crippen molar-refractivity contribution in [2.45, 2.75) is 38.5 Å². The summed E-state index contributed by atoms with van der Waals surface area (Å²) in [4.78, 5) is 14.0. The predicted octanol–water partition coefficient (Wildman–Crippen LogP) is 1.84. The first kappa shape index (κ1) is 13.0. The molecule has 2 aliphatic rings. The van der Waals surface area contributed by atoms with E-state index in [1.807, 2.05) is 19.2 Å². The fourth-order valence-electron chi connectivity index (χ4n) is 3.61. The summed E-state index contributed by atoms with van der Waals surface area (Å²) in [6, 6.07) is 7.46. The van der Waals surface area contributed by atoms with Gasteiger partial charge in [-0.3, -0.25) is 14.8 Å². The van der Waals surface area contributed by atoms with Crippen LogP contribution in [0.2, 0.25) is 0 Å². The van der Waals surface area contributed by atoms with Gasteiger partial charge in [-0.2, -0.15) is 0 Å². The first-order valence-corrected chi connectivity index (χ1v) is 7.57. The van der Waals surface area contributed by atoms with Gasteiger partial charge in [0.15, 0.2) is 5.89 Å². The molecule has 0 radical (unpaired) electrons. The topological polar surface area (TPSA) is 45.4 Å². The molecule has 110 valence electrons. The molecule has 0 spiro atoms. The van der Waals surface area contributed by atoms with Crippen molar-refractivity contribution in [1.82, 2.24) is 19.8 Å². The zero-order chi connectivity index (χ0) is 14.2. The predicted molar refractivity (Wildman–Crippen MR) is 78.5 cm³/mol. The first-order chi connectivity index (χ1) is 10.3. The summed E-state index contributed by atoms with van der Waals surface area (Å²) in [6.07, 6.45) is 4.93. The molecule has 0 amide bonds. The summed E-state index contributed by atoms with van der Waals surface area (Å²) in [5.74, 6) is 0.756. The molecular weight excluding hydrogens is 264 g/mol. The third-order valence-corrected chi connectivity index (χ3v) is 4.59. The van der Waals surface area contributed by atoms with Crippen molar-refractivity contribution in [1.29, 1.82) is 0 Å². The molecule has 2 aliphatic heterocycles. The van der Waals surface area contributed by atoms with E-state index in [9.17, 15) is 0 Å². The average Bonchev–Trinajstić information content (AvgIpc) is 3.17. The van der Waals surface area contributed by atoms with Crippen LogP contribution in [0.4, 0.5) is 0 Å². The maximum Gasteiger partial charge on any atom is 0.191 e. The van der Waals surface area contributed by atoms with Crippen LogP contribution < -0.4 is 0 Å². The second-order valence-corrected chi connectivity index (χ2v) is 6.08. The lowest BCUT2D eigenvalue weighted by Gasteiger charge is -2.33. The molecule has 0 N–H and O–H groups in total. The van der Waals surface area contributed by atoms with Crippen molar-refractivity contribution in [3.8, 4) is 0 Å². The number of piperazine rings is 1. The number of fused-ring (bicyclic) bond motifs is 2. The van der Waals surface area contributed by atoms with Crippen LogP contribution in [0.15, 0.2) is 35.1 Å². The standard InChI is InChI=1S/C16H20N4O/c1-12-18-14(11-21-12)8-20-10-15-6-16(20)9-19(15)7-13-4-2-3-5-17-13/h2-5,11,15-16H,6-10H2,1H3. The van der Waals surface area contributed by atoms with Crippen LogP contribution in [0.1, 0.15) is 23.7 Å². The third kappa shape index (κ3) is 2.59. The minimum atomic E-state index is 0.649. The number of pyridine rings is 1. The first-order valence-electron chi connectivity index (χ1n) is 7.57. The molecule has 2 bridgehead atoms. The van der Waals surface area contributed by atoms with Gasteiger partial charge in [-0.05, 0) is 18.6 Å². The van der Waals surface area contributed by atoms with Gasteiger partial charge >= 0.3 is 0 Å². The molecule has 2 unspecified atom stereocenters. The Morgan fingerprint density at radius 2 is 1.90 bits per heavy atom. The van der Waals surface area contributed by atoms with Gasteiger partial charge < -0.3 is 4.42 Å². The van der Waals surface area contributed by atoms with Gasteiger partial charge in [0.05, 0.1) is 11.4 Å². The quantitative estimate of drug-likeness (QED) is 0.857. The number of aromatic nitrogens is 2. The van der Waals surface area contributed by atoms with Gasteiger partial charge in [-0.15, -0.1) is 0 Å². The Kier molecular flexibility index (Phi) is 3.24. The van der Waals surface area contributed by atoms with E-state index in [-0.39, 0.29) is 0 Å². The SMILES string of the molecule is Cc1nc(CN2CC3CC2CN3Cc2ccccn2)co1. The van der Waals surface area contributed by atoms with Crippen LogP contribution in [-0.2, 0) is 13.1 Å². The number of aryl methyl sites for hydroxylation is 1. The van der Waals surface area contributed by atoms with E-state index in [0.717, 1.165) is 37.8 Å². The van der Waals surface area contributed by atoms with E-state index in [4.69, 9.17) is 4.42 Å². The molecule has 5 heteroatoms. The summed E-state index contributed by atoms with van der Waals surface area (Å²) in [5, 5.41) is 0. The Hall–Kier alpha value is -1.72. The van der Waals surface area contributed by atoms with E-state index in [1.165, 1.54) is 12.1 Å². The number of nitrogens with zero attached hydrogens (tertiary/aromatic N) is 4. The third-order valence-electron chi connectivity index (χ3n) is 4.59. The normalized spacial score (nSPS) is 25.8. The minimum Gasteiger partial charge on any atom is -0.449 e. The van der Waals surface area contributed by atoms with Crippen molar-refractivity contribution in [2.24, 2.45) is 0 Å². The van der Waals surface area contributed by atoms with Crippen molar-refractivity contribution < 1.29 is 4.42 Å². The van der Waals surface area contributed by atoms with Crippen molar-refractivity contribution in [3.63, 3.8) is 0 Å². The molecule has 2 aromatic heterocycles. The Bertz CT molecular complexity index is 612. The largest absolute Gasteiger partial charge is 0.449 e. The number of oxazole rings is 1. The maximum atomic E-state index is 5.30. The van der Waals surface area contributed by atoms with Gasteiger partial charge in [0.1, 0.15) is 6.26 Å². The number of hydrogen-bond donors (Lipinski definition) is 0. The summed E-state index contributed by atoms with van der Waals surface area (Å²) in [7, 11) is 0. The number of hydrogen-bond acceptors (Lipinski definition) is 5. The second-order valence-electron chi connectivity index (χ2n) is 6.08. The smallest absolute Gasteiger partial charge is 0.191 e. The van der Waals surface area contributed by atoms with Crippen molar-refractivity contribution >= 4 is 0 Å². The fourth-order valence-corrected chi connectivity index (χ4v) is 3.61. The second kappa shape index (κ2) is 5.24. The van der Waals surface area contributed by atoms with E-state index in [2.05, 4.69) is 31.9 Å². The van der Waals surface area contributed by atoms with Crippen LogP contribution in [0, 0.1) is 6.92 Å². The van der Waals surface area contributed by atoms with Crippen LogP contribution in [0.5, 0.6) is 0 Å². The van der Waals surface area contributed by atoms with Crippen LogP contribution in [-0.4, -0.2) is 44.9 Å². The van der Waals surface area contributed by atoms with Gasteiger partial charge in [0, 0.05) is 51.4 Å². The summed E-state index contributed by atoms with van der Waals surface area (Å²) >= 11 is 0. The van der Waals surface area contributed by atoms with Crippen LogP contribution in [0.3, 0.4) is 0 Å². The highest BCUT2D eigenvalue weighted by molar-refractivity contribution is 5.08. The molecule has 0 aliphatic carbocycles. The molecule has 2 fully saturated rings. The molecule has 2 atom stereocenters. The van der Waals surface area contributed by atoms with E-state index in [1.54, 1.807) is 6.26 Å². The lowest BCUT2D eigenvalue weighted by molar-refractivity contribution is 0.116. The molecular formula is C16H20N4O. The molecule has 0 saturated carbocycles. The van der Waals surface area contributed by atoms with Gasteiger partial charge in [0.25, 0.3) is 0 Å². The van der Waals surface area contributed by atoms with Gasteiger partial charge in [-0.25, -0.2) is 4.98 Å². The molecule has 2 aromatic rings. The molecule has 0 aromatic carbocycles. The lowest BCUT2D eigenvalue weighted by Crippen LogP contribution is -2.45. The molecule has 4 heterocycles. The summed E-state index contributed by atoms with van der Waals surface area (Å²) in [6.45, 7) is 6.05. The number of rotatable bonds is 4.